The minimum absolute atomic E-state index is 0.202. The molecule has 2 aromatic heterocycles. The highest BCUT2D eigenvalue weighted by Gasteiger charge is 2.08. The van der Waals surface area contributed by atoms with E-state index in [1.165, 1.54) is 12.3 Å². The Balaban J connectivity index is 2.14. The number of nitriles is 1. The van der Waals surface area contributed by atoms with Gasteiger partial charge in [-0.1, -0.05) is 0 Å². The molecule has 0 aromatic carbocycles. The lowest BCUT2D eigenvalue weighted by Gasteiger charge is -2.00. The fraction of sp³-hybridized carbons (Fsp3) is 0. The van der Waals surface area contributed by atoms with Gasteiger partial charge in [0.15, 0.2) is 0 Å². The molecule has 2 heterocycles. The van der Waals surface area contributed by atoms with Crippen molar-refractivity contribution in [3.05, 3.63) is 40.2 Å². The molecule has 0 aliphatic rings. The van der Waals surface area contributed by atoms with Crippen molar-refractivity contribution in [2.45, 2.75) is 0 Å². The summed E-state index contributed by atoms with van der Waals surface area (Å²) in [6.07, 6.45) is 1.39. The van der Waals surface area contributed by atoms with E-state index in [-0.39, 0.29) is 4.88 Å². The quantitative estimate of drug-likeness (QED) is 0.899. The van der Waals surface area contributed by atoms with Gasteiger partial charge in [0.2, 0.25) is 5.88 Å². The second kappa shape index (κ2) is 4.63. The van der Waals surface area contributed by atoms with Gasteiger partial charge in [-0.3, -0.25) is 0 Å². The summed E-state index contributed by atoms with van der Waals surface area (Å²) in [5, 5.41) is 18.9. The van der Waals surface area contributed by atoms with E-state index in [0.29, 0.717) is 17.2 Å². The largest absolute Gasteiger partial charge is 0.477 e. The van der Waals surface area contributed by atoms with Gasteiger partial charge in [-0.05, 0) is 6.07 Å². The summed E-state index contributed by atoms with van der Waals surface area (Å²) in [5.41, 5.74) is 0.439. The monoisotopic (exact) mass is 246 g/mol. The Morgan fingerprint density at radius 3 is 2.88 bits per heavy atom. The van der Waals surface area contributed by atoms with Crippen LogP contribution in [-0.4, -0.2) is 16.1 Å². The first-order valence-electron chi connectivity index (χ1n) is 4.55. The Hall–Kier alpha value is -2.39. The second-order valence-electron chi connectivity index (χ2n) is 3.05. The zero-order chi connectivity index (χ0) is 12.3. The van der Waals surface area contributed by atoms with Crippen LogP contribution in [0.4, 0.5) is 0 Å². The molecule has 0 saturated heterocycles. The van der Waals surface area contributed by atoms with Crippen molar-refractivity contribution in [2.24, 2.45) is 0 Å². The second-order valence-corrected chi connectivity index (χ2v) is 3.96. The van der Waals surface area contributed by atoms with Crippen molar-refractivity contribution in [3.63, 3.8) is 0 Å². The zero-order valence-corrected chi connectivity index (χ0v) is 9.27. The van der Waals surface area contributed by atoms with Crippen LogP contribution in [0.1, 0.15) is 15.2 Å². The highest BCUT2D eigenvalue weighted by atomic mass is 32.1. The first kappa shape index (κ1) is 11.1. The average Bonchev–Trinajstić information content (AvgIpc) is 2.79. The Morgan fingerprint density at radius 1 is 1.53 bits per heavy atom. The maximum absolute atomic E-state index is 10.7. The van der Waals surface area contributed by atoms with Crippen LogP contribution in [0.25, 0.3) is 0 Å². The number of hydrogen-bond acceptors (Lipinski definition) is 5. The van der Waals surface area contributed by atoms with Crippen molar-refractivity contribution in [2.75, 3.05) is 0 Å². The van der Waals surface area contributed by atoms with Crippen LogP contribution in [0.2, 0.25) is 0 Å². The molecule has 0 spiro atoms. The number of rotatable bonds is 3. The molecule has 1 N–H and O–H groups in total. The van der Waals surface area contributed by atoms with Crippen molar-refractivity contribution in [1.29, 1.82) is 5.26 Å². The summed E-state index contributed by atoms with van der Waals surface area (Å²) in [6.45, 7) is 0. The molecule has 0 saturated carbocycles. The summed E-state index contributed by atoms with van der Waals surface area (Å²) in [4.78, 5) is 14.8. The van der Waals surface area contributed by atoms with Crippen molar-refractivity contribution in [3.8, 4) is 17.7 Å². The fourth-order valence-corrected chi connectivity index (χ4v) is 1.76. The SMILES string of the molecule is N#Cc1ccc(Oc2csc(C(=O)O)c2)nc1. The van der Waals surface area contributed by atoms with Gasteiger partial charge in [0, 0.05) is 23.7 Å². The highest BCUT2D eigenvalue weighted by Crippen LogP contribution is 2.25. The molecule has 0 unspecified atom stereocenters. The zero-order valence-electron chi connectivity index (χ0n) is 8.45. The molecule has 0 aliphatic carbocycles. The molecule has 0 radical (unpaired) electrons. The van der Waals surface area contributed by atoms with Gasteiger partial charge in [0.1, 0.15) is 16.7 Å². The van der Waals surface area contributed by atoms with E-state index in [1.54, 1.807) is 17.5 Å². The highest BCUT2D eigenvalue weighted by molar-refractivity contribution is 7.12. The molecular formula is C11H6N2O3S. The number of carboxylic acids is 1. The Morgan fingerprint density at radius 2 is 2.35 bits per heavy atom. The minimum atomic E-state index is -0.988. The number of nitrogens with zero attached hydrogens (tertiary/aromatic N) is 2. The number of aromatic nitrogens is 1. The molecule has 0 bridgehead atoms. The number of carboxylic acid groups (broad SMARTS) is 1. The Bertz CT molecular complexity index is 584. The predicted molar refractivity (Wildman–Crippen MR) is 60.3 cm³/mol. The number of thiophene rings is 1. The van der Waals surface area contributed by atoms with Gasteiger partial charge in [0.05, 0.1) is 5.56 Å². The molecule has 5 nitrogen and oxygen atoms in total. The fourth-order valence-electron chi connectivity index (χ4n) is 1.11. The smallest absolute Gasteiger partial charge is 0.346 e. The first-order chi connectivity index (χ1) is 8.19. The molecule has 6 heteroatoms. The van der Waals surface area contributed by atoms with E-state index < -0.39 is 5.97 Å². The summed E-state index contributed by atoms with van der Waals surface area (Å²) in [7, 11) is 0. The molecule has 17 heavy (non-hydrogen) atoms. The average molecular weight is 246 g/mol. The summed E-state index contributed by atoms with van der Waals surface area (Å²) in [5.74, 6) is -0.249. The standard InChI is InChI=1S/C11H6N2O3S/c12-4-7-1-2-10(13-5-7)16-8-3-9(11(14)15)17-6-8/h1-3,5-6H,(H,14,15). The summed E-state index contributed by atoms with van der Waals surface area (Å²) in [6, 6.07) is 6.50. The first-order valence-corrected chi connectivity index (χ1v) is 5.43. The van der Waals surface area contributed by atoms with Crippen molar-refractivity contribution >= 4 is 17.3 Å². The molecule has 0 atom stereocenters. The minimum Gasteiger partial charge on any atom is -0.477 e. The van der Waals surface area contributed by atoms with E-state index in [4.69, 9.17) is 15.1 Å². The molecule has 84 valence electrons. The lowest BCUT2D eigenvalue weighted by Crippen LogP contribution is -1.90. The lowest BCUT2D eigenvalue weighted by molar-refractivity contribution is 0.0702. The van der Waals surface area contributed by atoms with Crippen LogP contribution < -0.4 is 4.74 Å². The molecule has 0 amide bonds. The number of pyridine rings is 1. The van der Waals surface area contributed by atoms with Crippen LogP contribution >= 0.6 is 11.3 Å². The summed E-state index contributed by atoms with van der Waals surface area (Å²) >= 11 is 1.08. The number of aromatic carboxylic acids is 1. The maximum Gasteiger partial charge on any atom is 0.346 e. The summed E-state index contributed by atoms with van der Waals surface area (Å²) < 4.78 is 5.34. The molecule has 2 aromatic rings. The van der Waals surface area contributed by atoms with Crippen LogP contribution in [-0.2, 0) is 0 Å². The normalized spacial score (nSPS) is 9.59. The van der Waals surface area contributed by atoms with Crippen molar-refractivity contribution in [1.82, 2.24) is 4.98 Å². The Labute approximate surface area is 101 Å². The van der Waals surface area contributed by atoms with Gasteiger partial charge in [-0.15, -0.1) is 11.3 Å². The molecule has 0 fully saturated rings. The number of hydrogen-bond donors (Lipinski definition) is 1. The number of ether oxygens (including phenoxy) is 1. The van der Waals surface area contributed by atoms with Gasteiger partial charge in [-0.2, -0.15) is 5.26 Å². The molecule has 2 rings (SSSR count). The van der Waals surface area contributed by atoms with E-state index >= 15 is 0 Å². The van der Waals surface area contributed by atoms with Gasteiger partial charge in [0.25, 0.3) is 0 Å². The van der Waals surface area contributed by atoms with Gasteiger partial charge < -0.3 is 9.84 Å². The van der Waals surface area contributed by atoms with Crippen LogP contribution in [0, 0.1) is 11.3 Å². The predicted octanol–water partition coefficient (Wildman–Crippen LogP) is 2.51. The number of carbonyl (C=O) groups is 1. The third kappa shape index (κ3) is 2.59. The van der Waals surface area contributed by atoms with Crippen LogP contribution in [0.5, 0.6) is 11.6 Å². The van der Waals surface area contributed by atoms with Crippen LogP contribution in [0.15, 0.2) is 29.8 Å². The van der Waals surface area contributed by atoms with E-state index in [9.17, 15) is 4.79 Å². The van der Waals surface area contributed by atoms with E-state index in [2.05, 4.69) is 4.98 Å². The maximum atomic E-state index is 10.7. The third-order valence-electron chi connectivity index (χ3n) is 1.87. The molecular weight excluding hydrogens is 240 g/mol. The Kier molecular flexibility index (Phi) is 3.03. The topological polar surface area (TPSA) is 83.2 Å². The third-order valence-corrected chi connectivity index (χ3v) is 2.77. The van der Waals surface area contributed by atoms with Crippen molar-refractivity contribution < 1.29 is 14.6 Å². The van der Waals surface area contributed by atoms with E-state index in [0.717, 1.165) is 11.3 Å². The van der Waals surface area contributed by atoms with Gasteiger partial charge >= 0.3 is 5.97 Å². The lowest BCUT2D eigenvalue weighted by atomic mass is 10.3. The van der Waals surface area contributed by atoms with E-state index in [1.807, 2.05) is 6.07 Å². The van der Waals surface area contributed by atoms with Gasteiger partial charge in [-0.25, -0.2) is 9.78 Å². The molecule has 0 aliphatic heterocycles. The van der Waals surface area contributed by atoms with Crippen LogP contribution in [0.3, 0.4) is 0 Å².